The molecule has 0 saturated carbocycles. The van der Waals surface area contributed by atoms with Crippen LogP contribution in [-0.2, 0) is 11.3 Å². The normalized spacial score (nSPS) is 11.9. The summed E-state index contributed by atoms with van der Waals surface area (Å²) in [6.45, 7) is 10.4. The van der Waals surface area contributed by atoms with E-state index in [1.54, 1.807) is 0 Å². The average molecular weight is 504 g/mol. The second-order valence-electron chi connectivity index (χ2n) is 6.63. The number of ether oxygens (including phenoxy) is 1. The molecule has 3 N–H and O–H groups in total. The molecule has 0 aliphatic heterocycles. The molecule has 1 amide bonds. The first-order valence-corrected chi connectivity index (χ1v) is 10.1. The van der Waals surface area contributed by atoms with Crippen LogP contribution in [-0.4, -0.2) is 37.6 Å². The lowest BCUT2D eigenvalue weighted by molar-refractivity contribution is -0.122. The number of carbonyl (C=O) groups excluding carboxylic acids is 1. The van der Waals surface area contributed by atoms with E-state index in [0.29, 0.717) is 24.9 Å². The van der Waals surface area contributed by atoms with Crippen LogP contribution < -0.4 is 20.7 Å². The van der Waals surface area contributed by atoms with Crippen LogP contribution in [0.25, 0.3) is 0 Å². The predicted molar refractivity (Wildman–Crippen MR) is 128 cm³/mol. The molecule has 0 saturated heterocycles. The molecule has 1 rings (SSSR count). The second-order valence-corrected chi connectivity index (χ2v) is 6.63. The standard InChI is InChI=1S/C21H36N4O2.HI/c1-5-8-9-11-17(4)25-21(23-7-3)24-15-18-12-10-13-19(14-18)27-16-20(26)22-6-2;/h10,12-14,17H,5-9,11,15-16H2,1-4H3,(H,22,26)(H2,23,24,25);1H. The minimum Gasteiger partial charge on any atom is -0.484 e. The minimum atomic E-state index is -0.114. The molecule has 160 valence electrons. The van der Waals surface area contributed by atoms with Gasteiger partial charge in [0.05, 0.1) is 6.54 Å². The highest BCUT2D eigenvalue weighted by Gasteiger charge is 2.06. The summed E-state index contributed by atoms with van der Waals surface area (Å²) in [6.07, 6.45) is 4.87. The number of nitrogens with zero attached hydrogens (tertiary/aromatic N) is 1. The van der Waals surface area contributed by atoms with Crippen LogP contribution in [0.5, 0.6) is 5.75 Å². The van der Waals surface area contributed by atoms with Crippen molar-refractivity contribution in [1.82, 2.24) is 16.0 Å². The Labute approximate surface area is 187 Å². The molecule has 0 aromatic heterocycles. The quantitative estimate of drug-likeness (QED) is 0.175. The van der Waals surface area contributed by atoms with Gasteiger partial charge < -0.3 is 20.7 Å². The maximum atomic E-state index is 11.5. The van der Waals surface area contributed by atoms with Crippen molar-refractivity contribution in [3.05, 3.63) is 29.8 Å². The predicted octanol–water partition coefficient (Wildman–Crippen LogP) is 3.84. The van der Waals surface area contributed by atoms with Crippen LogP contribution in [0.2, 0.25) is 0 Å². The van der Waals surface area contributed by atoms with Gasteiger partial charge in [0.25, 0.3) is 5.91 Å². The molecule has 0 aliphatic rings. The molecule has 0 bridgehead atoms. The highest BCUT2D eigenvalue weighted by Crippen LogP contribution is 2.14. The summed E-state index contributed by atoms with van der Waals surface area (Å²) >= 11 is 0. The Bertz CT molecular complexity index is 581. The van der Waals surface area contributed by atoms with E-state index in [-0.39, 0.29) is 36.5 Å². The molecule has 7 heteroatoms. The van der Waals surface area contributed by atoms with Crippen molar-refractivity contribution in [3.8, 4) is 5.75 Å². The van der Waals surface area contributed by atoms with Gasteiger partial charge in [-0.05, 0) is 44.9 Å². The summed E-state index contributed by atoms with van der Waals surface area (Å²) in [6, 6.07) is 8.10. The third-order valence-corrected chi connectivity index (χ3v) is 4.03. The Hall–Kier alpha value is -1.51. The number of nitrogens with one attached hydrogen (secondary N) is 3. The van der Waals surface area contributed by atoms with E-state index in [4.69, 9.17) is 4.74 Å². The summed E-state index contributed by atoms with van der Waals surface area (Å²) in [5, 5.41) is 9.49. The number of halogens is 1. The van der Waals surface area contributed by atoms with Crippen molar-refractivity contribution < 1.29 is 9.53 Å². The number of amides is 1. The highest BCUT2D eigenvalue weighted by atomic mass is 127. The van der Waals surface area contributed by atoms with E-state index < -0.39 is 0 Å². The Kier molecular flexibility index (Phi) is 15.6. The zero-order chi connectivity index (χ0) is 19.9. The molecule has 28 heavy (non-hydrogen) atoms. The summed E-state index contributed by atoms with van der Waals surface area (Å²) in [5.74, 6) is 1.40. The van der Waals surface area contributed by atoms with Gasteiger partial charge in [-0.15, -0.1) is 24.0 Å². The third-order valence-electron chi connectivity index (χ3n) is 4.03. The fourth-order valence-electron chi connectivity index (χ4n) is 2.63. The van der Waals surface area contributed by atoms with Crippen molar-refractivity contribution in [1.29, 1.82) is 0 Å². The SMILES string of the molecule is CCCCCC(C)NC(=NCc1cccc(OCC(=O)NCC)c1)NCC.I. The van der Waals surface area contributed by atoms with E-state index in [9.17, 15) is 4.79 Å². The smallest absolute Gasteiger partial charge is 0.257 e. The van der Waals surface area contributed by atoms with E-state index in [0.717, 1.165) is 24.5 Å². The van der Waals surface area contributed by atoms with Gasteiger partial charge in [-0.25, -0.2) is 4.99 Å². The molecule has 0 aliphatic carbocycles. The van der Waals surface area contributed by atoms with Gasteiger partial charge in [0, 0.05) is 19.1 Å². The third kappa shape index (κ3) is 12.0. The first kappa shape index (κ1) is 26.5. The van der Waals surface area contributed by atoms with Gasteiger partial charge in [-0.3, -0.25) is 4.79 Å². The number of hydrogen-bond acceptors (Lipinski definition) is 3. The topological polar surface area (TPSA) is 74.8 Å². The molecular weight excluding hydrogens is 467 g/mol. The molecular formula is C21H37IN4O2. The van der Waals surface area contributed by atoms with Gasteiger partial charge >= 0.3 is 0 Å². The molecule has 0 heterocycles. The van der Waals surface area contributed by atoms with Crippen molar-refractivity contribution in [3.63, 3.8) is 0 Å². The van der Waals surface area contributed by atoms with Gasteiger partial charge in [-0.2, -0.15) is 0 Å². The number of unbranched alkanes of at least 4 members (excludes halogenated alkanes) is 2. The van der Waals surface area contributed by atoms with Gasteiger partial charge in [0.1, 0.15) is 5.75 Å². The van der Waals surface area contributed by atoms with Crippen molar-refractivity contribution in [2.45, 2.75) is 66.0 Å². The van der Waals surface area contributed by atoms with Crippen molar-refractivity contribution >= 4 is 35.8 Å². The number of benzene rings is 1. The van der Waals surface area contributed by atoms with Gasteiger partial charge in [0.2, 0.25) is 0 Å². The summed E-state index contributed by atoms with van der Waals surface area (Å²) in [4.78, 5) is 16.2. The Morgan fingerprint density at radius 3 is 2.57 bits per heavy atom. The van der Waals surface area contributed by atoms with E-state index in [1.165, 1.54) is 19.3 Å². The largest absolute Gasteiger partial charge is 0.484 e. The zero-order valence-corrected chi connectivity index (χ0v) is 20.0. The zero-order valence-electron chi connectivity index (χ0n) is 17.7. The van der Waals surface area contributed by atoms with Crippen LogP contribution >= 0.6 is 24.0 Å². The van der Waals surface area contributed by atoms with E-state index in [2.05, 4.69) is 41.7 Å². The van der Waals surface area contributed by atoms with Crippen LogP contribution in [0.3, 0.4) is 0 Å². The molecule has 0 radical (unpaired) electrons. The fourth-order valence-corrected chi connectivity index (χ4v) is 2.63. The maximum Gasteiger partial charge on any atom is 0.257 e. The first-order valence-electron chi connectivity index (χ1n) is 10.1. The molecule has 1 aromatic carbocycles. The Morgan fingerprint density at radius 1 is 1.14 bits per heavy atom. The van der Waals surface area contributed by atoms with E-state index >= 15 is 0 Å². The molecule has 1 aromatic rings. The van der Waals surface area contributed by atoms with Crippen LogP contribution in [0.15, 0.2) is 29.3 Å². The summed E-state index contributed by atoms with van der Waals surface area (Å²) in [5.41, 5.74) is 1.04. The van der Waals surface area contributed by atoms with Gasteiger partial charge in [-0.1, -0.05) is 38.3 Å². The lowest BCUT2D eigenvalue weighted by atomic mass is 10.1. The summed E-state index contributed by atoms with van der Waals surface area (Å²) < 4.78 is 5.54. The number of rotatable bonds is 12. The lowest BCUT2D eigenvalue weighted by Gasteiger charge is -2.17. The second kappa shape index (κ2) is 16.4. The first-order chi connectivity index (χ1) is 13.1. The molecule has 0 fully saturated rings. The van der Waals surface area contributed by atoms with Crippen LogP contribution in [0.1, 0.15) is 58.9 Å². The Balaban J connectivity index is 0.00000729. The highest BCUT2D eigenvalue weighted by molar-refractivity contribution is 14.0. The van der Waals surface area contributed by atoms with Crippen LogP contribution in [0, 0.1) is 0 Å². The number of guanidine groups is 1. The monoisotopic (exact) mass is 504 g/mol. The molecule has 0 spiro atoms. The number of aliphatic imine (C=N–C) groups is 1. The van der Waals surface area contributed by atoms with Crippen LogP contribution in [0.4, 0.5) is 0 Å². The Morgan fingerprint density at radius 2 is 1.89 bits per heavy atom. The fraction of sp³-hybridized carbons (Fsp3) is 0.619. The lowest BCUT2D eigenvalue weighted by Crippen LogP contribution is -2.42. The maximum absolute atomic E-state index is 11.5. The minimum absolute atomic E-state index is 0. The number of hydrogen-bond donors (Lipinski definition) is 3. The van der Waals surface area contributed by atoms with Crippen molar-refractivity contribution in [2.24, 2.45) is 4.99 Å². The molecule has 1 unspecified atom stereocenters. The number of likely N-dealkylation sites (N-methyl/N-ethyl adjacent to an activating group) is 1. The summed E-state index contributed by atoms with van der Waals surface area (Å²) in [7, 11) is 0. The average Bonchev–Trinajstić information content (AvgIpc) is 2.65. The van der Waals surface area contributed by atoms with Crippen molar-refractivity contribution in [2.75, 3.05) is 19.7 Å². The molecule has 1 atom stereocenters. The number of carbonyl (C=O) groups is 1. The molecule has 6 nitrogen and oxygen atoms in total. The van der Waals surface area contributed by atoms with E-state index in [1.807, 2.05) is 31.2 Å². The van der Waals surface area contributed by atoms with Gasteiger partial charge in [0.15, 0.2) is 12.6 Å².